The van der Waals surface area contributed by atoms with Gasteiger partial charge in [0.15, 0.2) is 6.29 Å². The maximum atomic E-state index is 10.1. The van der Waals surface area contributed by atoms with Gasteiger partial charge in [-0.1, -0.05) is 0 Å². The molecule has 0 saturated carbocycles. The van der Waals surface area contributed by atoms with Gasteiger partial charge in [-0.3, -0.25) is 0 Å². The average molecular weight is 164 g/mol. The molecular weight excluding hydrogens is 152 g/mol. The van der Waals surface area contributed by atoms with Gasteiger partial charge in [0.1, 0.15) is 17.8 Å². The van der Waals surface area contributed by atoms with Crippen molar-refractivity contribution in [2.24, 2.45) is 0 Å². The van der Waals surface area contributed by atoms with Crippen molar-refractivity contribution in [3.63, 3.8) is 0 Å². The van der Waals surface area contributed by atoms with Crippen LogP contribution in [0.2, 0.25) is 0 Å². The summed E-state index contributed by atoms with van der Waals surface area (Å²) < 4.78 is 0. The largest absolute Gasteiger partial charge is 0.394 e. The van der Waals surface area contributed by atoms with Crippen LogP contribution in [0.25, 0.3) is 0 Å². The zero-order valence-electron chi connectivity index (χ0n) is 6.14. The molecule has 0 rings (SSSR count). The number of aliphatic hydroxyl groups is 4. The van der Waals surface area contributed by atoms with Crippen molar-refractivity contribution in [3.8, 4) is 0 Å². The monoisotopic (exact) mass is 164 g/mol. The van der Waals surface area contributed by atoms with Gasteiger partial charge in [0.25, 0.3) is 0 Å². The molecule has 0 fully saturated rings. The van der Waals surface area contributed by atoms with Crippen LogP contribution in [-0.2, 0) is 4.79 Å². The van der Waals surface area contributed by atoms with E-state index in [1.807, 2.05) is 0 Å². The predicted octanol–water partition coefficient (Wildman–Crippen LogP) is -2.35. The number of rotatable bonds is 4. The standard InChI is InChI=1S/C6H12O5/c1-6(11,3-8)5(10)4(9)2-7/h3-5,7,9-11H,2H2,1H3/t4-,5-,6-/m1/s1. The van der Waals surface area contributed by atoms with Crippen molar-refractivity contribution in [3.05, 3.63) is 0 Å². The Morgan fingerprint density at radius 1 is 1.55 bits per heavy atom. The highest BCUT2D eigenvalue weighted by molar-refractivity contribution is 5.62. The van der Waals surface area contributed by atoms with Gasteiger partial charge in [0.05, 0.1) is 6.61 Å². The number of aldehydes is 1. The van der Waals surface area contributed by atoms with Crippen molar-refractivity contribution < 1.29 is 25.2 Å². The highest BCUT2D eigenvalue weighted by atomic mass is 16.4. The van der Waals surface area contributed by atoms with Crippen LogP contribution in [0.3, 0.4) is 0 Å². The first-order chi connectivity index (χ1) is 4.95. The Morgan fingerprint density at radius 2 is 2.00 bits per heavy atom. The Hall–Kier alpha value is -0.490. The highest BCUT2D eigenvalue weighted by Crippen LogP contribution is 2.09. The lowest BCUT2D eigenvalue weighted by atomic mass is 9.97. The minimum absolute atomic E-state index is 0.108. The Bertz CT molecular complexity index is 133. The van der Waals surface area contributed by atoms with E-state index < -0.39 is 24.4 Å². The smallest absolute Gasteiger partial charge is 0.154 e. The van der Waals surface area contributed by atoms with Crippen LogP contribution in [-0.4, -0.2) is 51.1 Å². The van der Waals surface area contributed by atoms with Crippen LogP contribution < -0.4 is 0 Å². The SMILES string of the molecule is C[C@@](O)(C=O)[C@H](O)[C@H](O)CO. The second-order valence-corrected chi connectivity index (χ2v) is 2.54. The summed E-state index contributed by atoms with van der Waals surface area (Å²) in [7, 11) is 0. The van der Waals surface area contributed by atoms with E-state index in [0.29, 0.717) is 0 Å². The van der Waals surface area contributed by atoms with Gasteiger partial charge in [-0.2, -0.15) is 0 Å². The van der Waals surface area contributed by atoms with Crippen LogP contribution >= 0.6 is 0 Å². The van der Waals surface area contributed by atoms with Crippen LogP contribution in [0, 0.1) is 0 Å². The Balaban J connectivity index is 4.21. The first-order valence-corrected chi connectivity index (χ1v) is 3.11. The maximum Gasteiger partial charge on any atom is 0.154 e. The summed E-state index contributed by atoms with van der Waals surface area (Å²) in [4.78, 5) is 10.1. The summed E-state index contributed by atoms with van der Waals surface area (Å²) in [6.07, 6.45) is -3.06. The van der Waals surface area contributed by atoms with E-state index in [4.69, 9.17) is 20.4 Å². The third-order valence-electron chi connectivity index (χ3n) is 1.39. The predicted molar refractivity (Wildman–Crippen MR) is 35.8 cm³/mol. The second kappa shape index (κ2) is 3.77. The fourth-order valence-electron chi connectivity index (χ4n) is 0.559. The van der Waals surface area contributed by atoms with Gasteiger partial charge >= 0.3 is 0 Å². The minimum atomic E-state index is -2.01. The summed E-state index contributed by atoms with van der Waals surface area (Å²) in [6, 6.07) is 0. The molecule has 0 aliphatic rings. The number of aliphatic hydroxyl groups excluding tert-OH is 3. The fourth-order valence-corrected chi connectivity index (χ4v) is 0.559. The summed E-state index contributed by atoms with van der Waals surface area (Å²) >= 11 is 0. The third-order valence-corrected chi connectivity index (χ3v) is 1.39. The molecule has 0 aromatic heterocycles. The lowest BCUT2D eigenvalue weighted by Crippen LogP contribution is -2.49. The Labute approximate surface area is 63.9 Å². The summed E-state index contributed by atoms with van der Waals surface area (Å²) in [5.41, 5.74) is -2.01. The minimum Gasteiger partial charge on any atom is -0.394 e. The molecule has 5 nitrogen and oxygen atoms in total. The topological polar surface area (TPSA) is 98.0 Å². The summed E-state index contributed by atoms with van der Waals surface area (Å²) in [6.45, 7) is 0.342. The summed E-state index contributed by atoms with van der Waals surface area (Å²) in [5.74, 6) is 0. The summed E-state index contributed by atoms with van der Waals surface area (Å²) in [5, 5.41) is 35.1. The van der Waals surface area contributed by atoms with Crippen molar-refractivity contribution in [2.75, 3.05) is 6.61 Å². The zero-order chi connectivity index (χ0) is 9.07. The molecule has 0 spiro atoms. The fraction of sp³-hybridized carbons (Fsp3) is 0.833. The van der Waals surface area contributed by atoms with Gasteiger partial charge in [-0.05, 0) is 6.92 Å². The van der Waals surface area contributed by atoms with E-state index in [0.717, 1.165) is 6.92 Å². The van der Waals surface area contributed by atoms with Crippen molar-refractivity contribution >= 4 is 6.29 Å². The lowest BCUT2D eigenvalue weighted by molar-refractivity contribution is -0.148. The van der Waals surface area contributed by atoms with E-state index >= 15 is 0 Å². The van der Waals surface area contributed by atoms with Crippen LogP contribution in [0.15, 0.2) is 0 Å². The molecule has 0 heterocycles. The molecule has 0 amide bonds. The molecule has 0 aliphatic heterocycles. The molecule has 0 aromatic rings. The molecule has 0 radical (unpaired) electrons. The Kier molecular flexibility index (Phi) is 3.61. The average Bonchev–Trinajstić information content (AvgIpc) is 2.01. The van der Waals surface area contributed by atoms with E-state index in [1.165, 1.54) is 0 Å². The van der Waals surface area contributed by atoms with E-state index in [-0.39, 0.29) is 6.29 Å². The Morgan fingerprint density at radius 3 is 2.27 bits per heavy atom. The molecule has 0 saturated heterocycles. The molecule has 5 heteroatoms. The molecule has 3 atom stereocenters. The van der Waals surface area contributed by atoms with Gasteiger partial charge in [0.2, 0.25) is 0 Å². The zero-order valence-corrected chi connectivity index (χ0v) is 6.14. The van der Waals surface area contributed by atoms with Gasteiger partial charge in [-0.15, -0.1) is 0 Å². The quantitative estimate of drug-likeness (QED) is 0.349. The van der Waals surface area contributed by atoms with Crippen molar-refractivity contribution in [1.29, 1.82) is 0 Å². The molecule has 0 unspecified atom stereocenters. The number of hydrogen-bond donors (Lipinski definition) is 4. The first kappa shape index (κ1) is 10.5. The molecule has 0 aliphatic carbocycles. The molecule has 0 aromatic carbocycles. The second-order valence-electron chi connectivity index (χ2n) is 2.54. The third kappa shape index (κ3) is 2.55. The van der Waals surface area contributed by atoms with E-state index in [9.17, 15) is 4.79 Å². The van der Waals surface area contributed by atoms with Crippen LogP contribution in [0.5, 0.6) is 0 Å². The molecule has 66 valence electrons. The molecule has 4 N–H and O–H groups in total. The van der Waals surface area contributed by atoms with Crippen molar-refractivity contribution in [1.82, 2.24) is 0 Å². The van der Waals surface area contributed by atoms with E-state index in [1.54, 1.807) is 0 Å². The maximum absolute atomic E-state index is 10.1. The highest BCUT2D eigenvalue weighted by Gasteiger charge is 2.34. The van der Waals surface area contributed by atoms with E-state index in [2.05, 4.69) is 0 Å². The van der Waals surface area contributed by atoms with Gasteiger partial charge < -0.3 is 25.2 Å². The van der Waals surface area contributed by atoms with Crippen LogP contribution in [0.4, 0.5) is 0 Å². The van der Waals surface area contributed by atoms with Gasteiger partial charge in [-0.25, -0.2) is 0 Å². The molecule has 11 heavy (non-hydrogen) atoms. The normalized spacial score (nSPS) is 21.9. The number of carbonyl (C=O) groups is 1. The number of carbonyl (C=O) groups excluding carboxylic acids is 1. The first-order valence-electron chi connectivity index (χ1n) is 3.11. The van der Waals surface area contributed by atoms with Crippen LogP contribution in [0.1, 0.15) is 6.92 Å². The lowest BCUT2D eigenvalue weighted by Gasteiger charge is -2.25. The molecule has 0 bridgehead atoms. The number of hydrogen-bond acceptors (Lipinski definition) is 5. The van der Waals surface area contributed by atoms with Crippen molar-refractivity contribution in [2.45, 2.75) is 24.7 Å². The van der Waals surface area contributed by atoms with Gasteiger partial charge in [0, 0.05) is 0 Å². The molecular formula is C6H12O5.